The van der Waals surface area contributed by atoms with Crippen LogP contribution in [0.1, 0.15) is 57.6 Å². The molecular formula is C17H27N3. The van der Waals surface area contributed by atoms with Gasteiger partial charge in [0, 0.05) is 36.6 Å². The molecule has 0 aromatic carbocycles. The smallest absolute Gasteiger partial charge is 0.0323 e. The molecule has 2 aliphatic heterocycles. The van der Waals surface area contributed by atoms with Crippen LogP contribution in [0.15, 0.2) is 24.5 Å². The van der Waals surface area contributed by atoms with Crippen molar-refractivity contribution in [2.45, 2.75) is 70.1 Å². The van der Waals surface area contributed by atoms with Gasteiger partial charge in [0.2, 0.25) is 0 Å². The largest absolute Gasteiger partial charge is 0.311 e. The number of aromatic nitrogens is 1. The maximum atomic E-state index is 4.15. The lowest BCUT2D eigenvalue weighted by molar-refractivity contribution is 0.101. The van der Waals surface area contributed by atoms with Crippen LogP contribution in [0.25, 0.3) is 0 Å². The predicted octanol–water partition coefficient (Wildman–Crippen LogP) is 3.14. The zero-order chi connectivity index (χ0) is 13.9. The topological polar surface area (TPSA) is 28.2 Å². The van der Waals surface area contributed by atoms with Crippen LogP contribution in [0.4, 0.5) is 0 Å². The van der Waals surface area contributed by atoms with Crippen LogP contribution in [-0.4, -0.2) is 34.6 Å². The van der Waals surface area contributed by atoms with Gasteiger partial charge in [-0.05, 0) is 63.3 Å². The Balaban J connectivity index is 1.75. The lowest BCUT2D eigenvalue weighted by Gasteiger charge is -2.41. The van der Waals surface area contributed by atoms with E-state index in [0.717, 1.165) is 18.1 Å². The van der Waals surface area contributed by atoms with E-state index in [9.17, 15) is 0 Å². The third-order valence-electron chi connectivity index (χ3n) is 5.08. The van der Waals surface area contributed by atoms with Crippen molar-refractivity contribution >= 4 is 0 Å². The first kappa shape index (κ1) is 14.0. The van der Waals surface area contributed by atoms with Crippen molar-refractivity contribution in [3.05, 3.63) is 30.1 Å². The molecule has 0 aliphatic carbocycles. The molecule has 0 radical (unpaired) electrons. The molecule has 3 unspecified atom stereocenters. The van der Waals surface area contributed by atoms with Crippen LogP contribution in [0.2, 0.25) is 0 Å². The summed E-state index contributed by atoms with van der Waals surface area (Å²) in [6.45, 7) is 5.85. The molecule has 2 fully saturated rings. The van der Waals surface area contributed by atoms with Crippen molar-refractivity contribution in [2.75, 3.05) is 6.54 Å². The van der Waals surface area contributed by atoms with Crippen LogP contribution < -0.4 is 5.32 Å². The second-order valence-electron chi connectivity index (χ2n) is 6.46. The highest BCUT2D eigenvalue weighted by molar-refractivity contribution is 5.15. The molecule has 110 valence electrons. The Labute approximate surface area is 122 Å². The summed E-state index contributed by atoms with van der Waals surface area (Å²) in [5.74, 6) is 0. The third kappa shape index (κ3) is 2.89. The fourth-order valence-corrected chi connectivity index (χ4v) is 4.08. The molecular weight excluding hydrogens is 246 g/mol. The Bertz CT molecular complexity index is 408. The van der Waals surface area contributed by atoms with Gasteiger partial charge in [-0.1, -0.05) is 6.92 Å². The highest BCUT2D eigenvalue weighted by Gasteiger charge is 2.37. The van der Waals surface area contributed by atoms with Crippen LogP contribution in [-0.2, 0) is 0 Å². The Morgan fingerprint density at radius 3 is 2.50 bits per heavy atom. The molecule has 20 heavy (non-hydrogen) atoms. The molecule has 3 rings (SSSR count). The maximum Gasteiger partial charge on any atom is 0.0323 e. The molecule has 3 nitrogen and oxygen atoms in total. The Kier molecular flexibility index (Phi) is 4.37. The number of rotatable bonds is 5. The average Bonchev–Trinajstić information content (AvgIpc) is 2.83. The zero-order valence-electron chi connectivity index (χ0n) is 12.8. The molecule has 2 bridgehead atoms. The first-order chi connectivity index (χ1) is 9.78. The second-order valence-corrected chi connectivity index (χ2v) is 6.46. The Morgan fingerprint density at radius 2 is 1.90 bits per heavy atom. The first-order valence-electron chi connectivity index (χ1n) is 8.19. The molecule has 0 amide bonds. The van der Waals surface area contributed by atoms with Crippen molar-refractivity contribution in [1.82, 2.24) is 15.2 Å². The summed E-state index contributed by atoms with van der Waals surface area (Å²) >= 11 is 0. The standard InChI is InChI=1S/C17H27N3/c1-3-10-20(13(2)14-6-8-18-9-7-14)17-11-15-4-5-16(12-17)19-15/h6-9,13,15-17,19H,3-5,10-12H2,1-2H3. The minimum Gasteiger partial charge on any atom is -0.311 e. The van der Waals surface area contributed by atoms with Crippen molar-refractivity contribution in [3.8, 4) is 0 Å². The van der Waals surface area contributed by atoms with Crippen molar-refractivity contribution in [1.29, 1.82) is 0 Å². The number of nitrogens with one attached hydrogen (secondary N) is 1. The van der Waals surface area contributed by atoms with Crippen LogP contribution >= 0.6 is 0 Å². The average molecular weight is 273 g/mol. The number of pyridine rings is 1. The zero-order valence-corrected chi connectivity index (χ0v) is 12.8. The van der Waals surface area contributed by atoms with Crippen LogP contribution in [0.5, 0.6) is 0 Å². The summed E-state index contributed by atoms with van der Waals surface area (Å²) in [5.41, 5.74) is 1.40. The molecule has 3 atom stereocenters. The fraction of sp³-hybridized carbons (Fsp3) is 0.706. The summed E-state index contributed by atoms with van der Waals surface area (Å²) in [6.07, 6.45) is 10.5. The molecule has 0 saturated carbocycles. The first-order valence-corrected chi connectivity index (χ1v) is 8.19. The van der Waals surface area contributed by atoms with Crippen molar-refractivity contribution in [2.24, 2.45) is 0 Å². The molecule has 2 aliphatic rings. The van der Waals surface area contributed by atoms with Gasteiger partial charge in [-0.2, -0.15) is 0 Å². The van der Waals surface area contributed by atoms with Crippen molar-refractivity contribution < 1.29 is 0 Å². The Morgan fingerprint density at radius 1 is 1.25 bits per heavy atom. The summed E-state index contributed by atoms with van der Waals surface area (Å²) in [4.78, 5) is 6.89. The van der Waals surface area contributed by atoms with Gasteiger partial charge in [0.25, 0.3) is 0 Å². The van der Waals surface area contributed by atoms with Crippen LogP contribution in [0, 0.1) is 0 Å². The van der Waals surface area contributed by atoms with E-state index in [1.807, 2.05) is 12.4 Å². The van der Waals surface area contributed by atoms with E-state index >= 15 is 0 Å². The molecule has 3 heterocycles. The molecule has 1 N–H and O–H groups in total. The lowest BCUT2D eigenvalue weighted by atomic mass is 9.95. The molecule has 2 saturated heterocycles. The number of piperidine rings is 1. The summed E-state index contributed by atoms with van der Waals surface area (Å²) in [5, 5.41) is 3.76. The number of hydrogen-bond acceptors (Lipinski definition) is 3. The van der Waals surface area contributed by atoms with Gasteiger partial charge in [-0.15, -0.1) is 0 Å². The molecule has 1 aromatic rings. The SMILES string of the molecule is CCCN(C1CC2CCC(C1)N2)C(C)c1ccncc1. The maximum absolute atomic E-state index is 4.15. The van der Waals surface area contributed by atoms with Crippen LogP contribution in [0.3, 0.4) is 0 Å². The number of fused-ring (bicyclic) bond motifs is 2. The molecule has 1 aromatic heterocycles. The monoisotopic (exact) mass is 273 g/mol. The minimum atomic E-state index is 0.500. The quantitative estimate of drug-likeness (QED) is 0.893. The highest BCUT2D eigenvalue weighted by Crippen LogP contribution is 2.33. The van der Waals surface area contributed by atoms with E-state index in [0.29, 0.717) is 6.04 Å². The van der Waals surface area contributed by atoms with Gasteiger partial charge in [-0.3, -0.25) is 9.88 Å². The molecule has 3 heteroatoms. The van der Waals surface area contributed by atoms with E-state index < -0.39 is 0 Å². The van der Waals surface area contributed by atoms with E-state index in [2.05, 4.69) is 41.2 Å². The lowest BCUT2D eigenvalue weighted by Crippen LogP contribution is -2.49. The summed E-state index contributed by atoms with van der Waals surface area (Å²) in [7, 11) is 0. The van der Waals surface area contributed by atoms with Gasteiger partial charge in [0.15, 0.2) is 0 Å². The summed E-state index contributed by atoms with van der Waals surface area (Å²) < 4.78 is 0. The van der Waals surface area contributed by atoms with Gasteiger partial charge < -0.3 is 5.32 Å². The van der Waals surface area contributed by atoms with E-state index in [1.54, 1.807) is 0 Å². The fourth-order valence-electron chi connectivity index (χ4n) is 4.08. The summed E-state index contributed by atoms with van der Waals surface area (Å²) in [6, 6.07) is 7.12. The van der Waals surface area contributed by atoms with Crippen molar-refractivity contribution in [3.63, 3.8) is 0 Å². The number of hydrogen-bond donors (Lipinski definition) is 1. The van der Waals surface area contributed by atoms with Gasteiger partial charge in [0.1, 0.15) is 0 Å². The van der Waals surface area contributed by atoms with E-state index in [1.165, 1.54) is 44.2 Å². The van der Waals surface area contributed by atoms with E-state index in [-0.39, 0.29) is 0 Å². The normalized spacial score (nSPS) is 30.6. The van der Waals surface area contributed by atoms with Gasteiger partial charge >= 0.3 is 0 Å². The second kappa shape index (κ2) is 6.23. The molecule has 0 spiro atoms. The highest BCUT2D eigenvalue weighted by atomic mass is 15.2. The van der Waals surface area contributed by atoms with E-state index in [4.69, 9.17) is 0 Å². The Hall–Kier alpha value is -0.930. The minimum absolute atomic E-state index is 0.500. The third-order valence-corrected chi connectivity index (χ3v) is 5.08. The van der Waals surface area contributed by atoms with Gasteiger partial charge in [0.05, 0.1) is 0 Å². The van der Waals surface area contributed by atoms with Gasteiger partial charge in [-0.25, -0.2) is 0 Å². The predicted molar refractivity (Wildman–Crippen MR) is 82.6 cm³/mol. The number of nitrogens with zero attached hydrogens (tertiary/aromatic N) is 2.